The Labute approximate surface area is 305 Å². The number of fused-ring (bicyclic) bond motifs is 1. The fourth-order valence-electron chi connectivity index (χ4n) is 6.85. The van der Waals surface area contributed by atoms with E-state index in [-0.39, 0.29) is 12.2 Å². The molecule has 3 heterocycles. The normalized spacial score (nSPS) is 14.2. The Bertz CT molecular complexity index is 2600. The van der Waals surface area contributed by atoms with Crippen LogP contribution in [0.4, 0.5) is 0 Å². The molecule has 0 fully saturated rings. The maximum atomic E-state index is 14.8. The Kier molecular flexibility index (Phi) is 8.93. The highest BCUT2D eigenvalue weighted by Gasteiger charge is 2.35. The number of aromatic nitrogens is 2. The Morgan fingerprint density at radius 2 is 1.35 bits per heavy atom. The van der Waals surface area contributed by atoms with Crippen molar-refractivity contribution in [1.82, 2.24) is 9.13 Å². The minimum absolute atomic E-state index is 0.195. The molecule has 0 bridgehead atoms. The van der Waals surface area contributed by atoms with Gasteiger partial charge in [-0.25, -0.2) is 9.79 Å². The summed E-state index contributed by atoms with van der Waals surface area (Å²) in [6.45, 7) is 4.06. The number of hydrogen-bond acceptors (Lipinski definition) is 5. The molecule has 0 amide bonds. The first-order valence-electron chi connectivity index (χ1n) is 17.3. The van der Waals surface area contributed by atoms with Gasteiger partial charge in [0.15, 0.2) is 4.80 Å². The zero-order valence-corrected chi connectivity index (χ0v) is 29.6. The van der Waals surface area contributed by atoms with Crippen LogP contribution in [-0.4, -0.2) is 21.7 Å². The molecule has 7 heteroatoms. The highest BCUT2D eigenvalue weighted by Crippen LogP contribution is 2.38. The predicted octanol–water partition coefficient (Wildman–Crippen LogP) is 8.37. The fraction of sp³-hybridized carbons (Fsp3) is 0.0889. The average Bonchev–Trinajstić information content (AvgIpc) is 3.72. The maximum Gasteiger partial charge on any atom is 0.338 e. The standard InChI is InChI=1S/C45H35N3O3S/c1-3-51-44(50)39-40(32-18-10-5-11-19-32)46-45-48(42(39)34-22-14-7-15-23-34)43(49)38(52-45)29-35-28-37(31-16-8-4-9-17-31)47(36-26-24-30(2)25-27-36)41(35)33-20-12-6-13-21-33/h4-29,42H,3H2,1-2H3/b38-29+/t42-/m1/s1. The molecule has 2 aromatic heterocycles. The molecule has 1 aliphatic rings. The first-order valence-corrected chi connectivity index (χ1v) is 18.1. The van der Waals surface area contributed by atoms with E-state index in [1.807, 2.05) is 103 Å². The van der Waals surface area contributed by atoms with E-state index in [9.17, 15) is 9.59 Å². The van der Waals surface area contributed by atoms with Crippen LogP contribution < -0.4 is 14.9 Å². The van der Waals surface area contributed by atoms with Crippen LogP contribution in [0.25, 0.3) is 40.0 Å². The van der Waals surface area contributed by atoms with Gasteiger partial charge in [0.1, 0.15) is 0 Å². The summed E-state index contributed by atoms with van der Waals surface area (Å²) in [7, 11) is 0. The minimum Gasteiger partial charge on any atom is -0.463 e. The second kappa shape index (κ2) is 14.1. The van der Waals surface area contributed by atoms with E-state index in [0.29, 0.717) is 20.6 Å². The molecular formula is C45H35N3O3S. The van der Waals surface area contributed by atoms with Gasteiger partial charge in [0.2, 0.25) is 0 Å². The van der Waals surface area contributed by atoms with E-state index >= 15 is 0 Å². The van der Waals surface area contributed by atoms with E-state index < -0.39 is 12.0 Å². The third-order valence-corrected chi connectivity index (χ3v) is 10.2. The van der Waals surface area contributed by atoms with Gasteiger partial charge in [-0.15, -0.1) is 0 Å². The molecule has 0 aliphatic carbocycles. The number of rotatable bonds is 8. The number of aryl methyl sites for hydroxylation is 1. The van der Waals surface area contributed by atoms with Crippen molar-refractivity contribution >= 4 is 29.1 Å². The second-order valence-corrected chi connectivity index (χ2v) is 13.6. The van der Waals surface area contributed by atoms with Crippen LogP contribution in [0.15, 0.2) is 167 Å². The second-order valence-electron chi connectivity index (χ2n) is 12.6. The number of nitrogens with zero attached hydrogens (tertiary/aromatic N) is 3. The van der Waals surface area contributed by atoms with Crippen LogP contribution in [0, 0.1) is 6.92 Å². The van der Waals surface area contributed by atoms with Crippen molar-refractivity contribution in [2.24, 2.45) is 4.99 Å². The van der Waals surface area contributed by atoms with E-state index in [2.05, 4.69) is 66.1 Å². The number of carbonyl (C=O) groups is 1. The Balaban J connectivity index is 1.43. The summed E-state index contributed by atoms with van der Waals surface area (Å²) < 4.78 is 10.1. The van der Waals surface area contributed by atoms with Gasteiger partial charge in [-0.1, -0.05) is 150 Å². The molecule has 5 aromatic carbocycles. The van der Waals surface area contributed by atoms with Gasteiger partial charge in [-0.3, -0.25) is 9.36 Å². The van der Waals surface area contributed by atoms with E-state index in [0.717, 1.165) is 44.9 Å². The van der Waals surface area contributed by atoms with Crippen LogP contribution >= 0.6 is 11.3 Å². The van der Waals surface area contributed by atoms with Gasteiger partial charge in [-0.05, 0) is 54.8 Å². The number of carbonyl (C=O) groups excluding carboxylic acids is 1. The monoisotopic (exact) mass is 697 g/mol. The summed E-state index contributed by atoms with van der Waals surface area (Å²) in [5.74, 6) is -0.498. The molecule has 6 nitrogen and oxygen atoms in total. The van der Waals surface area contributed by atoms with E-state index in [1.54, 1.807) is 11.5 Å². The maximum absolute atomic E-state index is 14.8. The molecule has 7 aromatic rings. The molecule has 8 rings (SSSR count). The lowest BCUT2D eigenvalue weighted by molar-refractivity contribution is -0.138. The average molecular weight is 698 g/mol. The highest BCUT2D eigenvalue weighted by atomic mass is 32.1. The number of thiazole rings is 1. The molecule has 1 atom stereocenters. The van der Waals surface area contributed by atoms with Crippen molar-refractivity contribution in [2.45, 2.75) is 19.9 Å². The van der Waals surface area contributed by atoms with Gasteiger partial charge in [0.25, 0.3) is 5.56 Å². The van der Waals surface area contributed by atoms with Crippen molar-refractivity contribution < 1.29 is 9.53 Å². The van der Waals surface area contributed by atoms with Gasteiger partial charge in [-0.2, -0.15) is 0 Å². The molecular weight excluding hydrogens is 663 g/mol. The van der Waals surface area contributed by atoms with Crippen molar-refractivity contribution in [3.63, 3.8) is 0 Å². The summed E-state index contributed by atoms with van der Waals surface area (Å²) in [6, 6.07) is 49.8. The summed E-state index contributed by atoms with van der Waals surface area (Å²) in [6.07, 6.45) is 1.97. The topological polar surface area (TPSA) is 65.6 Å². The lowest BCUT2D eigenvalue weighted by Crippen LogP contribution is -2.40. The summed E-state index contributed by atoms with van der Waals surface area (Å²) in [4.78, 5) is 34.2. The smallest absolute Gasteiger partial charge is 0.338 e. The summed E-state index contributed by atoms with van der Waals surface area (Å²) >= 11 is 1.33. The van der Waals surface area contributed by atoms with Crippen LogP contribution in [0.3, 0.4) is 0 Å². The van der Waals surface area contributed by atoms with Gasteiger partial charge in [0, 0.05) is 16.8 Å². The third-order valence-electron chi connectivity index (χ3n) is 9.21. The Morgan fingerprint density at radius 1 is 0.769 bits per heavy atom. The minimum atomic E-state index is -0.737. The molecule has 1 aliphatic heterocycles. The molecule has 0 radical (unpaired) electrons. The molecule has 0 N–H and O–H groups in total. The van der Waals surface area contributed by atoms with Gasteiger partial charge < -0.3 is 9.30 Å². The lowest BCUT2D eigenvalue weighted by atomic mass is 9.93. The van der Waals surface area contributed by atoms with Gasteiger partial charge in [0.05, 0.1) is 39.8 Å². The van der Waals surface area contributed by atoms with Crippen LogP contribution in [0.5, 0.6) is 0 Å². The van der Waals surface area contributed by atoms with E-state index in [1.165, 1.54) is 16.9 Å². The predicted molar refractivity (Wildman–Crippen MR) is 209 cm³/mol. The zero-order chi connectivity index (χ0) is 35.6. The third kappa shape index (κ3) is 6.05. The first kappa shape index (κ1) is 32.9. The van der Waals surface area contributed by atoms with Gasteiger partial charge >= 0.3 is 5.97 Å². The molecule has 254 valence electrons. The Hall–Kier alpha value is -6.31. The van der Waals surface area contributed by atoms with Crippen molar-refractivity contribution in [3.05, 3.63) is 199 Å². The Morgan fingerprint density at radius 3 is 1.96 bits per heavy atom. The number of benzene rings is 5. The van der Waals surface area contributed by atoms with Crippen LogP contribution in [-0.2, 0) is 9.53 Å². The molecule has 0 saturated heterocycles. The highest BCUT2D eigenvalue weighted by molar-refractivity contribution is 7.07. The summed E-state index contributed by atoms with van der Waals surface area (Å²) in [5, 5.41) is 0. The quantitative estimate of drug-likeness (QED) is 0.150. The number of hydrogen-bond donors (Lipinski definition) is 0. The molecule has 0 saturated carbocycles. The van der Waals surface area contributed by atoms with Crippen LogP contribution in [0.1, 0.15) is 35.2 Å². The molecule has 0 unspecified atom stereocenters. The van der Waals surface area contributed by atoms with Crippen molar-refractivity contribution in [3.8, 4) is 28.2 Å². The number of esters is 1. The van der Waals surface area contributed by atoms with Crippen LogP contribution in [0.2, 0.25) is 0 Å². The molecule has 52 heavy (non-hydrogen) atoms. The largest absolute Gasteiger partial charge is 0.463 e. The zero-order valence-electron chi connectivity index (χ0n) is 28.8. The SMILES string of the molecule is CCOC(=O)C1=C(c2ccccc2)N=c2s/c(=C/c3cc(-c4ccccc4)n(-c4ccc(C)cc4)c3-c3ccccc3)c(=O)n2[C@@H]1c1ccccc1. The summed E-state index contributed by atoms with van der Waals surface area (Å²) in [5.41, 5.74) is 9.29. The first-order chi connectivity index (χ1) is 25.5. The fourth-order valence-corrected chi connectivity index (χ4v) is 7.84. The van der Waals surface area contributed by atoms with E-state index in [4.69, 9.17) is 9.73 Å². The molecule has 0 spiro atoms. The lowest BCUT2D eigenvalue weighted by Gasteiger charge is -2.25. The van der Waals surface area contributed by atoms with Crippen molar-refractivity contribution in [2.75, 3.05) is 6.61 Å². The van der Waals surface area contributed by atoms with Crippen molar-refractivity contribution in [1.29, 1.82) is 0 Å². The number of ether oxygens (including phenoxy) is 1.